The first-order valence-electron chi connectivity index (χ1n) is 8.65. The fourth-order valence-corrected chi connectivity index (χ4v) is 4.33. The molecule has 25 heavy (non-hydrogen) atoms. The Hall–Kier alpha value is -2.14. The lowest BCUT2D eigenvalue weighted by atomic mass is 10.1. The van der Waals surface area contributed by atoms with Gasteiger partial charge in [0, 0.05) is 16.7 Å². The molecule has 0 N–H and O–H groups in total. The molecule has 0 bridgehead atoms. The van der Waals surface area contributed by atoms with Crippen LogP contribution in [0.1, 0.15) is 18.9 Å². The summed E-state index contributed by atoms with van der Waals surface area (Å²) in [6, 6.07) is 14.0. The molecule has 0 spiro atoms. The van der Waals surface area contributed by atoms with Gasteiger partial charge in [-0.3, -0.25) is 4.79 Å². The summed E-state index contributed by atoms with van der Waals surface area (Å²) in [4.78, 5) is 16.1. The second-order valence-corrected chi connectivity index (χ2v) is 7.87. The van der Waals surface area contributed by atoms with Crippen molar-refractivity contribution in [2.24, 2.45) is 0 Å². The summed E-state index contributed by atoms with van der Waals surface area (Å²) in [7, 11) is 0. The maximum absolute atomic E-state index is 13.0. The van der Waals surface area contributed by atoms with Gasteiger partial charge in [0.1, 0.15) is 13.2 Å². The molecule has 4 rings (SSSR count). The van der Waals surface area contributed by atoms with Crippen LogP contribution in [0, 0.1) is 0 Å². The smallest absolute Gasteiger partial charge is 0.231 e. The largest absolute Gasteiger partial charge is 0.486 e. The van der Waals surface area contributed by atoms with E-state index in [0.717, 1.165) is 35.7 Å². The lowest BCUT2D eigenvalue weighted by Crippen LogP contribution is -2.33. The van der Waals surface area contributed by atoms with Crippen LogP contribution in [0.5, 0.6) is 11.5 Å². The Kier molecular flexibility index (Phi) is 4.57. The van der Waals surface area contributed by atoms with E-state index >= 15 is 0 Å². The molecule has 2 heterocycles. The summed E-state index contributed by atoms with van der Waals surface area (Å²) < 4.78 is 11.2. The van der Waals surface area contributed by atoms with Crippen LogP contribution < -0.4 is 14.4 Å². The van der Waals surface area contributed by atoms with E-state index in [1.54, 1.807) is 0 Å². The molecule has 1 unspecified atom stereocenters. The summed E-state index contributed by atoms with van der Waals surface area (Å²) in [5.41, 5.74) is 1.98. The molecular formula is C20H21NO3S. The number of carbonyl (C=O) groups is 1. The molecule has 0 saturated carbocycles. The summed E-state index contributed by atoms with van der Waals surface area (Å²) in [6.07, 6.45) is 1.36. The first-order chi connectivity index (χ1) is 12.2. The SMILES string of the molecule is CC1CCN(C(=O)Cc2ccc3c(c2)OCCO3)c2ccccc2S1. The van der Waals surface area contributed by atoms with E-state index in [4.69, 9.17) is 9.47 Å². The summed E-state index contributed by atoms with van der Waals surface area (Å²) in [6.45, 7) is 4.11. The lowest BCUT2D eigenvalue weighted by Gasteiger charge is -2.23. The first-order valence-corrected chi connectivity index (χ1v) is 9.53. The van der Waals surface area contributed by atoms with Crippen molar-refractivity contribution < 1.29 is 14.3 Å². The summed E-state index contributed by atoms with van der Waals surface area (Å²) in [5.74, 6) is 1.61. The molecule has 0 radical (unpaired) electrons. The topological polar surface area (TPSA) is 38.8 Å². The van der Waals surface area contributed by atoms with Gasteiger partial charge >= 0.3 is 0 Å². The Morgan fingerprint density at radius 3 is 2.84 bits per heavy atom. The van der Waals surface area contributed by atoms with Crippen LogP contribution in [0.2, 0.25) is 0 Å². The molecule has 2 aliphatic heterocycles. The average molecular weight is 355 g/mol. The minimum absolute atomic E-state index is 0.124. The number of amides is 1. The van der Waals surface area contributed by atoms with Crippen LogP contribution in [-0.4, -0.2) is 30.9 Å². The predicted molar refractivity (Wildman–Crippen MR) is 99.9 cm³/mol. The minimum Gasteiger partial charge on any atom is -0.486 e. The van der Waals surface area contributed by atoms with E-state index in [2.05, 4.69) is 13.0 Å². The van der Waals surface area contributed by atoms with Crippen molar-refractivity contribution in [1.82, 2.24) is 0 Å². The van der Waals surface area contributed by atoms with Gasteiger partial charge in [0.2, 0.25) is 5.91 Å². The van der Waals surface area contributed by atoms with E-state index in [-0.39, 0.29) is 5.91 Å². The molecule has 1 atom stereocenters. The van der Waals surface area contributed by atoms with Gasteiger partial charge in [0.05, 0.1) is 12.1 Å². The Labute approximate surface area is 152 Å². The number of hydrogen-bond donors (Lipinski definition) is 0. The molecule has 2 aliphatic rings. The maximum atomic E-state index is 13.0. The first kappa shape index (κ1) is 16.3. The Bertz CT molecular complexity index is 792. The van der Waals surface area contributed by atoms with E-state index in [9.17, 15) is 4.79 Å². The van der Waals surface area contributed by atoms with Crippen LogP contribution >= 0.6 is 11.8 Å². The molecule has 0 fully saturated rings. The number of anilines is 1. The van der Waals surface area contributed by atoms with Crippen LogP contribution in [0.3, 0.4) is 0 Å². The van der Waals surface area contributed by atoms with E-state index in [1.807, 2.05) is 53.1 Å². The van der Waals surface area contributed by atoms with Crippen LogP contribution in [0.4, 0.5) is 5.69 Å². The third-order valence-corrected chi connectivity index (χ3v) is 5.74. The second-order valence-electron chi connectivity index (χ2n) is 6.39. The minimum atomic E-state index is 0.124. The molecule has 5 heteroatoms. The van der Waals surface area contributed by atoms with Gasteiger partial charge in [-0.1, -0.05) is 25.1 Å². The van der Waals surface area contributed by atoms with Crippen molar-refractivity contribution in [1.29, 1.82) is 0 Å². The molecule has 1 amide bonds. The Morgan fingerprint density at radius 1 is 1.16 bits per heavy atom. The molecule has 4 nitrogen and oxygen atoms in total. The molecular weight excluding hydrogens is 334 g/mol. The highest BCUT2D eigenvalue weighted by molar-refractivity contribution is 8.00. The number of benzene rings is 2. The summed E-state index contributed by atoms with van der Waals surface area (Å²) >= 11 is 1.85. The van der Waals surface area contributed by atoms with Gasteiger partial charge in [-0.05, 0) is 36.2 Å². The fourth-order valence-electron chi connectivity index (χ4n) is 3.21. The zero-order valence-corrected chi connectivity index (χ0v) is 15.1. The number of carbonyl (C=O) groups excluding carboxylic acids is 1. The molecule has 2 aromatic rings. The molecule has 0 saturated heterocycles. The normalized spacial score (nSPS) is 19.1. The van der Waals surface area contributed by atoms with Crippen LogP contribution in [-0.2, 0) is 11.2 Å². The quantitative estimate of drug-likeness (QED) is 0.818. The van der Waals surface area contributed by atoms with Gasteiger partial charge < -0.3 is 14.4 Å². The van der Waals surface area contributed by atoms with Crippen LogP contribution in [0.25, 0.3) is 0 Å². The molecule has 0 aliphatic carbocycles. The predicted octanol–water partition coefficient (Wildman–Crippen LogP) is 3.92. The Balaban J connectivity index is 1.57. The molecule has 0 aromatic heterocycles. The van der Waals surface area contributed by atoms with E-state index in [0.29, 0.717) is 24.9 Å². The fraction of sp³-hybridized carbons (Fsp3) is 0.350. The highest BCUT2D eigenvalue weighted by Crippen LogP contribution is 2.37. The zero-order chi connectivity index (χ0) is 17.2. The number of hydrogen-bond acceptors (Lipinski definition) is 4. The number of nitrogens with zero attached hydrogens (tertiary/aromatic N) is 1. The highest BCUT2D eigenvalue weighted by atomic mass is 32.2. The van der Waals surface area contributed by atoms with Gasteiger partial charge in [-0.25, -0.2) is 0 Å². The second kappa shape index (κ2) is 7.00. The standard InChI is InChI=1S/C20H21NO3S/c1-14-8-9-21(16-4-2-3-5-19(16)25-14)20(22)13-15-6-7-17-18(12-15)24-11-10-23-17/h2-7,12,14H,8-11,13H2,1H3. The van der Waals surface area contributed by atoms with Crippen molar-refractivity contribution in [3.63, 3.8) is 0 Å². The number of rotatable bonds is 2. The Morgan fingerprint density at radius 2 is 1.96 bits per heavy atom. The maximum Gasteiger partial charge on any atom is 0.231 e. The van der Waals surface area contributed by atoms with Crippen molar-refractivity contribution in [2.45, 2.75) is 29.9 Å². The highest BCUT2D eigenvalue weighted by Gasteiger charge is 2.24. The monoisotopic (exact) mass is 355 g/mol. The lowest BCUT2D eigenvalue weighted by molar-refractivity contribution is -0.118. The third-order valence-electron chi connectivity index (χ3n) is 4.51. The van der Waals surface area contributed by atoms with Gasteiger partial charge in [0.25, 0.3) is 0 Å². The number of thioether (sulfide) groups is 1. The summed E-state index contributed by atoms with van der Waals surface area (Å²) in [5, 5.41) is 0.508. The molecule has 2 aromatic carbocycles. The van der Waals surface area contributed by atoms with E-state index < -0.39 is 0 Å². The van der Waals surface area contributed by atoms with Gasteiger partial charge in [0.15, 0.2) is 11.5 Å². The van der Waals surface area contributed by atoms with Gasteiger partial charge in [-0.2, -0.15) is 0 Å². The van der Waals surface area contributed by atoms with Crippen molar-refractivity contribution in [3.05, 3.63) is 48.0 Å². The van der Waals surface area contributed by atoms with Crippen LogP contribution in [0.15, 0.2) is 47.4 Å². The van der Waals surface area contributed by atoms with Crippen molar-refractivity contribution >= 4 is 23.4 Å². The van der Waals surface area contributed by atoms with Crippen molar-refractivity contribution in [2.75, 3.05) is 24.7 Å². The number of para-hydroxylation sites is 1. The number of ether oxygens (including phenoxy) is 2. The zero-order valence-electron chi connectivity index (χ0n) is 14.2. The van der Waals surface area contributed by atoms with E-state index in [1.165, 1.54) is 4.90 Å². The van der Waals surface area contributed by atoms with Crippen molar-refractivity contribution in [3.8, 4) is 11.5 Å². The van der Waals surface area contributed by atoms with Gasteiger partial charge in [-0.15, -0.1) is 11.8 Å². The average Bonchev–Trinajstić information content (AvgIpc) is 2.80. The number of fused-ring (bicyclic) bond motifs is 2. The third kappa shape index (κ3) is 3.47. The molecule has 130 valence electrons.